The number of aryl methyl sites for hydroxylation is 2. The van der Waals surface area contributed by atoms with Gasteiger partial charge in [-0.1, -0.05) is 12.1 Å². The van der Waals surface area contributed by atoms with Crippen LogP contribution in [0.15, 0.2) is 36.4 Å². The molecule has 0 saturated carbocycles. The van der Waals surface area contributed by atoms with Crippen molar-refractivity contribution in [2.24, 2.45) is 0 Å². The topological polar surface area (TPSA) is 122 Å². The molecule has 2 aromatic carbocycles. The lowest BCUT2D eigenvalue weighted by Gasteiger charge is -2.17. The highest BCUT2D eigenvalue weighted by molar-refractivity contribution is 6.35. The number of anilines is 1. The Morgan fingerprint density at radius 2 is 1.69 bits per heavy atom. The van der Waals surface area contributed by atoms with Gasteiger partial charge in [0.05, 0.1) is 22.4 Å². The van der Waals surface area contributed by atoms with Crippen LogP contribution in [0.3, 0.4) is 0 Å². The van der Waals surface area contributed by atoms with Crippen LogP contribution in [0.5, 0.6) is 0 Å². The molecule has 1 atom stereocenters. The van der Waals surface area contributed by atoms with Gasteiger partial charge in [0.2, 0.25) is 0 Å². The number of amides is 5. The third-order valence-electron chi connectivity index (χ3n) is 4.95. The molecule has 1 aliphatic heterocycles. The molecule has 1 heterocycles. The van der Waals surface area contributed by atoms with E-state index in [0.29, 0.717) is 12.2 Å². The Kier molecular flexibility index (Phi) is 6.38. The van der Waals surface area contributed by atoms with Gasteiger partial charge < -0.3 is 10.1 Å². The van der Waals surface area contributed by atoms with Crippen molar-refractivity contribution in [1.82, 2.24) is 10.6 Å². The zero-order chi connectivity index (χ0) is 23.6. The second kappa shape index (κ2) is 9.01. The van der Waals surface area contributed by atoms with Crippen LogP contribution in [0.25, 0.3) is 0 Å². The molecule has 2 aromatic rings. The number of urea groups is 1. The first-order chi connectivity index (χ1) is 15.1. The molecule has 32 heavy (non-hydrogen) atoms. The molecule has 0 fully saturated rings. The molecule has 0 unspecified atom stereocenters. The van der Waals surface area contributed by atoms with Crippen LogP contribution in [0.1, 0.15) is 56.0 Å². The first-order valence-corrected chi connectivity index (χ1v) is 10.0. The van der Waals surface area contributed by atoms with Gasteiger partial charge in [-0.2, -0.15) is 0 Å². The molecule has 3 rings (SSSR count). The number of hydrogen-bond donors (Lipinski definition) is 2. The number of rotatable bonds is 5. The summed E-state index contributed by atoms with van der Waals surface area (Å²) in [7, 11) is 0. The molecule has 0 aliphatic carbocycles. The third-order valence-corrected chi connectivity index (χ3v) is 4.95. The number of nitrogens with zero attached hydrogens (tertiary/aromatic N) is 1. The van der Waals surface area contributed by atoms with Crippen LogP contribution >= 0.6 is 0 Å². The maximum absolute atomic E-state index is 13.0. The minimum Gasteiger partial charge on any atom is -0.449 e. The largest absolute Gasteiger partial charge is 0.449 e. The smallest absolute Gasteiger partial charge is 0.338 e. The minimum absolute atomic E-state index is 0.00498. The Labute approximate surface area is 184 Å². The Morgan fingerprint density at radius 3 is 2.38 bits per heavy atom. The number of nitrogens with one attached hydrogen (secondary N) is 2. The molecular weight excluding hydrogens is 414 g/mol. The lowest BCUT2D eigenvalue weighted by Crippen LogP contribution is -2.44. The molecule has 0 radical (unpaired) electrons. The van der Waals surface area contributed by atoms with Gasteiger partial charge in [-0.05, 0) is 63.1 Å². The van der Waals surface area contributed by atoms with Crippen LogP contribution in [0.4, 0.5) is 10.5 Å². The van der Waals surface area contributed by atoms with Crippen molar-refractivity contribution in [1.29, 1.82) is 0 Å². The van der Waals surface area contributed by atoms with Crippen molar-refractivity contribution < 1.29 is 28.7 Å². The fourth-order valence-electron chi connectivity index (χ4n) is 3.25. The number of carbonyl (C=O) groups excluding carboxylic acids is 5. The molecule has 0 aromatic heterocycles. The van der Waals surface area contributed by atoms with E-state index in [1.54, 1.807) is 19.9 Å². The highest BCUT2D eigenvalue weighted by Gasteiger charge is 2.38. The maximum atomic E-state index is 13.0. The molecule has 9 nitrogen and oxygen atoms in total. The van der Waals surface area contributed by atoms with Crippen LogP contribution in [0.2, 0.25) is 0 Å². The Balaban J connectivity index is 1.79. The standard InChI is InChI=1S/C23H23N3O6/c1-5-24-23(31)25-19(27)14(4)32-22(30)15-8-9-16-17(11-15)21(29)26(20(16)28)18-10-12(2)6-7-13(18)3/h6-11,14H,5H2,1-4H3,(H2,24,25,27,31)/t14-/m1/s1. The lowest BCUT2D eigenvalue weighted by molar-refractivity contribution is -0.127. The summed E-state index contributed by atoms with van der Waals surface area (Å²) in [5, 5.41) is 4.45. The van der Waals surface area contributed by atoms with Gasteiger partial charge in [0.25, 0.3) is 17.7 Å². The summed E-state index contributed by atoms with van der Waals surface area (Å²) >= 11 is 0. The predicted molar refractivity (Wildman–Crippen MR) is 116 cm³/mol. The number of esters is 1. The van der Waals surface area contributed by atoms with E-state index < -0.39 is 35.8 Å². The second-order valence-corrected chi connectivity index (χ2v) is 7.39. The first-order valence-electron chi connectivity index (χ1n) is 10.0. The van der Waals surface area contributed by atoms with E-state index in [4.69, 9.17) is 4.74 Å². The normalized spacial score (nSPS) is 13.4. The molecule has 0 spiro atoms. The van der Waals surface area contributed by atoms with Gasteiger partial charge in [0.1, 0.15) is 0 Å². The molecule has 166 valence electrons. The zero-order valence-corrected chi connectivity index (χ0v) is 18.1. The minimum atomic E-state index is -1.25. The Morgan fingerprint density at radius 1 is 1.00 bits per heavy atom. The van der Waals surface area contributed by atoms with Crippen molar-refractivity contribution in [3.05, 3.63) is 64.2 Å². The van der Waals surface area contributed by atoms with Crippen LogP contribution < -0.4 is 15.5 Å². The Bertz CT molecular complexity index is 1140. The summed E-state index contributed by atoms with van der Waals surface area (Å²) in [5.41, 5.74) is 2.39. The van der Waals surface area contributed by atoms with Gasteiger partial charge in [0.15, 0.2) is 6.10 Å². The first kappa shape index (κ1) is 22.7. The van der Waals surface area contributed by atoms with Crippen LogP contribution in [0, 0.1) is 13.8 Å². The van der Waals surface area contributed by atoms with E-state index in [-0.39, 0.29) is 16.7 Å². The van der Waals surface area contributed by atoms with E-state index in [2.05, 4.69) is 10.6 Å². The Hall–Kier alpha value is -4.01. The van der Waals surface area contributed by atoms with Crippen molar-refractivity contribution in [2.75, 3.05) is 11.4 Å². The van der Waals surface area contributed by atoms with Gasteiger partial charge in [0, 0.05) is 6.54 Å². The zero-order valence-electron chi connectivity index (χ0n) is 18.1. The summed E-state index contributed by atoms with van der Waals surface area (Å²) in [6.45, 7) is 6.99. The molecule has 0 bridgehead atoms. The molecule has 9 heteroatoms. The summed E-state index contributed by atoms with van der Waals surface area (Å²) in [6, 6.07) is 8.77. The average molecular weight is 437 g/mol. The number of ether oxygens (including phenoxy) is 1. The molecule has 2 N–H and O–H groups in total. The summed E-state index contributed by atoms with van der Waals surface area (Å²) in [4.78, 5) is 62.9. The van der Waals surface area contributed by atoms with Crippen molar-refractivity contribution in [3.63, 3.8) is 0 Å². The number of carbonyl (C=O) groups is 5. The van der Waals surface area contributed by atoms with E-state index >= 15 is 0 Å². The van der Waals surface area contributed by atoms with E-state index in [9.17, 15) is 24.0 Å². The fraction of sp³-hybridized carbons (Fsp3) is 0.261. The molecule has 1 aliphatic rings. The quantitative estimate of drug-likeness (QED) is 0.548. The monoisotopic (exact) mass is 437 g/mol. The van der Waals surface area contributed by atoms with E-state index in [1.165, 1.54) is 25.1 Å². The predicted octanol–water partition coefficient (Wildman–Crippen LogP) is 2.50. The highest BCUT2D eigenvalue weighted by atomic mass is 16.5. The van der Waals surface area contributed by atoms with Crippen LogP contribution in [-0.4, -0.2) is 42.4 Å². The van der Waals surface area contributed by atoms with Crippen molar-refractivity contribution in [2.45, 2.75) is 33.8 Å². The maximum Gasteiger partial charge on any atom is 0.338 e. The molecule has 5 amide bonds. The number of imide groups is 2. The van der Waals surface area contributed by atoms with Crippen molar-refractivity contribution >= 4 is 35.4 Å². The molecule has 0 saturated heterocycles. The second-order valence-electron chi connectivity index (χ2n) is 7.39. The van der Waals surface area contributed by atoms with Crippen molar-refractivity contribution in [3.8, 4) is 0 Å². The lowest BCUT2D eigenvalue weighted by atomic mass is 10.1. The van der Waals surface area contributed by atoms with E-state index in [0.717, 1.165) is 16.0 Å². The summed E-state index contributed by atoms with van der Waals surface area (Å²) < 4.78 is 5.10. The molecular formula is C23H23N3O6. The summed E-state index contributed by atoms with van der Waals surface area (Å²) in [5.74, 6) is -2.68. The number of hydrogen-bond acceptors (Lipinski definition) is 6. The fourth-order valence-corrected chi connectivity index (χ4v) is 3.25. The third kappa shape index (κ3) is 4.36. The van der Waals surface area contributed by atoms with Gasteiger partial charge in [-0.3, -0.25) is 19.7 Å². The number of fused-ring (bicyclic) bond motifs is 1. The number of benzene rings is 2. The average Bonchev–Trinajstić information content (AvgIpc) is 2.99. The van der Waals surface area contributed by atoms with Gasteiger partial charge in [-0.25, -0.2) is 14.5 Å². The van der Waals surface area contributed by atoms with Crippen LogP contribution in [-0.2, 0) is 9.53 Å². The highest BCUT2D eigenvalue weighted by Crippen LogP contribution is 2.31. The van der Waals surface area contributed by atoms with E-state index in [1.807, 2.05) is 19.1 Å². The SMILES string of the molecule is CCNC(=O)NC(=O)[C@@H](C)OC(=O)c1ccc2c(c1)C(=O)N(c1cc(C)ccc1C)C2=O. The van der Waals surface area contributed by atoms with Gasteiger partial charge >= 0.3 is 12.0 Å². The van der Waals surface area contributed by atoms with Gasteiger partial charge in [-0.15, -0.1) is 0 Å². The summed E-state index contributed by atoms with van der Waals surface area (Å²) in [6.07, 6.45) is -1.25.